The lowest BCUT2D eigenvalue weighted by atomic mass is 9.94. The Hall–Kier alpha value is -0.940. The number of hydrogen-bond donors (Lipinski definition) is 2. The van der Waals surface area contributed by atoms with Crippen LogP contribution in [0.4, 0.5) is 0 Å². The summed E-state index contributed by atoms with van der Waals surface area (Å²) < 4.78 is 0. The lowest BCUT2D eigenvalue weighted by molar-refractivity contribution is -0.144. The molecule has 0 unspecified atom stereocenters. The van der Waals surface area contributed by atoms with E-state index in [9.17, 15) is 19.8 Å². The lowest BCUT2D eigenvalue weighted by Gasteiger charge is -2.29. The highest BCUT2D eigenvalue weighted by atomic mass is 16.4. The molecule has 15 heavy (non-hydrogen) atoms. The molecule has 0 aromatic carbocycles. The first-order chi connectivity index (χ1) is 7.13. The fraction of sp³-hybridized carbons (Fsp3) is 0.800. The van der Waals surface area contributed by atoms with Crippen molar-refractivity contribution in [1.82, 2.24) is 4.90 Å². The molecular weight excluding hydrogens is 198 g/mol. The molecule has 2 N–H and O–H groups in total. The summed E-state index contributed by atoms with van der Waals surface area (Å²) in [6.45, 7) is 0. The van der Waals surface area contributed by atoms with Gasteiger partial charge in [0, 0.05) is 6.04 Å². The van der Waals surface area contributed by atoms with E-state index in [1.807, 2.05) is 0 Å². The average Bonchev–Trinajstić information content (AvgIpc) is 2.45. The molecule has 84 valence electrons. The maximum Gasteiger partial charge on any atom is 0.261 e. The van der Waals surface area contributed by atoms with Gasteiger partial charge in [-0.3, -0.25) is 14.5 Å². The zero-order valence-electron chi connectivity index (χ0n) is 8.43. The van der Waals surface area contributed by atoms with E-state index in [1.165, 1.54) is 0 Å². The van der Waals surface area contributed by atoms with Crippen LogP contribution in [-0.4, -0.2) is 45.2 Å². The summed E-state index contributed by atoms with van der Waals surface area (Å²) >= 11 is 0. The van der Waals surface area contributed by atoms with Crippen LogP contribution in [0.1, 0.15) is 32.1 Å². The van der Waals surface area contributed by atoms with E-state index in [4.69, 9.17) is 0 Å². The van der Waals surface area contributed by atoms with Crippen molar-refractivity contribution in [3.8, 4) is 0 Å². The van der Waals surface area contributed by atoms with E-state index in [0.717, 1.165) is 37.0 Å². The normalized spacial score (nSPS) is 33.9. The second kappa shape index (κ2) is 3.90. The fourth-order valence-corrected chi connectivity index (χ4v) is 2.36. The van der Waals surface area contributed by atoms with Crippen molar-refractivity contribution in [3.63, 3.8) is 0 Å². The first-order valence-electron chi connectivity index (χ1n) is 5.36. The summed E-state index contributed by atoms with van der Waals surface area (Å²) in [6.07, 6.45) is 1.58. The third-order valence-corrected chi connectivity index (χ3v) is 3.22. The van der Waals surface area contributed by atoms with Crippen LogP contribution >= 0.6 is 0 Å². The number of likely N-dealkylation sites (tertiary alicyclic amines) is 1. The van der Waals surface area contributed by atoms with Gasteiger partial charge >= 0.3 is 0 Å². The summed E-state index contributed by atoms with van der Waals surface area (Å²) in [7, 11) is 0. The molecule has 1 saturated carbocycles. The monoisotopic (exact) mass is 213 g/mol. The molecule has 1 aliphatic carbocycles. The van der Waals surface area contributed by atoms with Crippen LogP contribution in [-0.2, 0) is 9.59 Å². The van der Waals surface area contributed by atoms with Gasteiger partial charge in [-0.1, -0.05) is 19.3 Å². The third kappa shape index (κ3) is 1.66. The van der Waals surface area contributed by atoms with Crippen molar-refractivity contribution in [2.75, 3.05) is 0 Å². The van der Waals surface area contributed by atoms with Crippen molar-refractivity contribution in [3.05, 3.63) is 0 Å². The van der Waals surface area contributed by atoms with Gasteiger partial charge in [-0.25, -0.2) is 0 Å². The Morgan fingerprint density at radius 3 is 1.87 bits per heavy atom. The Labute approximate surface area is 87.7 Å². The number of aliphatic hydroxyl groups is 2. The Morgan fingerprint density at radius 2 is 1.40 bits per heavy atom. The van der Waals surface area contributed by atoms with E-state index in [2.05, 4.69) is 0 Å². The summed E-state index contributed by atoms with van der Waals surface area (Å²) in [4.78, 5) is 24.1. The second-order valence-corrected chi connectivity index (χ2v) is 4.23. The lowest BCUT2D eigenvalue weighted by Crippen LogP contribution is -2.42. The van der Waals surface area contributed by atoms with Crippen molar-refractivity contribution in [2.24, 2.45) is 0 Å². The van der Waals surface area contributed by atoms with Crippen molar-refractivity contribution in [2.45, 2.75) is 50.4 Å². The van der Waals surface area contributed by atoms with Crippen LogP contribution in [0.3, 0.4) is 0 Å². The summed E-state index contributed by atoms with van der Waals surface area (Å²) in [5.41, 5.74) is 0. The SMILES string of the molecule is O=C1[C@@H](O)[C@H](O)C(=O)N1C1CCCCC1. The molecule has 2 fully saturated rings. The van der Waals surface area contributed by atoms with E-state index in [0.29, 0.717) is 0 Å². The molecule has 2 amide bonds. The predicted octanol–water partition coefficient (Wildman–Crippen LogP) is -0.590. The highest BCUT2D eigenvalue weighted by molar-refractivity contribution is 6.08. The Morgan fingerprint density at radius 1 is 0.933 bits per heavy atom. The molecule has 5 nitrogen and oxygen atoms in total. The van der Waals surface area contributed by atoms with Crippen LogP contribution in [0.5, 0.6) is 0 Å². The molecule has 0 spiro atoms. The number of rotatable bonds is 1. The van der Waals surface area contributed by atoms with Gasteiger partial charge in [-0.15, -0.1) is 0 Å². The van der Waals surface area contributed by atoms with Gasteiger partial charge in [-0.05, 0) is 12.8 Å². The van der Waals surface area contributed by atoms with Gasteiger partial charge in [0.05, 0.1) is 0 Å². The van der Waals surface area contributed by atoms with Crippen LogP contribution < -0.4 is 0 Å². The topological polar surface area (TPSA) is 77.8 Å². The Balaban J connectivity index is 2.14. The molecular formula is C10H15NO4. The minimum absolute atomic E-state index is 0.120. The molecule has 2 atom stereocenters. The average molecular weight is 213 g/mol. The van der Waals surface area contributed by atoms with E-state index in [-0.39, 0.29) is 6.04 Å². The zero-order valence-corrected chi connectivity index (χ0v) is 8.43. The number of carbonyl (C=O) groups is 2. The molecule has 1 saturated heterocycles. The first kappa shape index (κ1) is 10.6. The number of carbonyl (C=O) groups excluding carboxylic acids is 2. The maximum atomic E-state index is 11.5. The fourth-order valence-electron chi connectivity index (χ4n) is 2.36. The van der Waals surface area contributed by atoms with E-state index >= 15 is 0 Å². The van der Waals surface area contributed by atoms with E-state index < -0.39 is 24.0 Å². The highest BCUT2D eigenvalue weighted by Gasteiger charge is 2.48. The molecule has 0 bridgehead atoms. The number of amides is 2. The molecule has 0 radical (unpaired) electrons. The summed E-state index contributed by atoms with van der Waals surface area (Å²) in [5, 5.41) is 18.6. The molecule has 2 aliphatic rings. The number of imide groups is 1. The quantitative estimate of drug-likeness (QED) is 0.571. The van der Waals surface area contributed by atoms with Crippen LogP contribution in [0, 0.1) is 0 Å². The van der Waals surface area contributed by atoms with Gasteiger partial charge in [0.2, 0.25) is 0 Å². The number of nitrogens with zero attached hydrogens (tertiary/aromatic N) is 1. The van der Waals surface area contributed by atoms with Crippen LogP contribution in [0.25, 0.3) is 0 Å². The predicted molar refractivity (Wildman–Crippen MR) is 50.7 cm³/mol. The zero-order chi connectivity index (χ0) is 11.0. The standard InChI is InChI=1S/C10H15NO4/c12-7-8(13)10(15)11(9(7)14)6-4-2-1-3-5-6/h6-8,12-13H,1-5H2/t7-,8-/m0/s1. The highest BCUT2D eigenvalue weighted by Crippen LogP contribution is 2.27. The molecule has 1 aliphatic heterocycles. The van der Waals surface area contributed by atoms with Gasteiger partial charge in [0.1, 0.15) is 0 Å². The molecule has 0 aromatic rings. The third-order valence-electron chi connectivity index (χ3n) is 3.22. The van der Waals surface area contributed by atoms with Gasteiger partial charge in [-0.2, -0.15) is 0 Å². The number of aliphatic hydroxyl groups excluding tert-OH is 2. The molecule has 1 heterocycles. The van der Waals surface area contributed by atoms with Crippen molar-refractivity contribution >= 4 is 11.8 Å². The van der Waals surface area contributed by atoms with Gasteiger partial charge < -0.3 is 10.2 Å². The van der Waals surface area contributed by atoms with Crippen LogP contribution in [0.15, 0.2) is 0 Å². The largest absolute Gasteiger partial charge is 0.380 e. The molecule has 5 heteroatoms. The van der Waals surface area contributed by atoms with E-state index in [1.54, 1.807) is 0 Å². The Bertz CT molecular complexity index is 265. The first-order valence-corrected chi connectivity index (χ1v) is 5.36. The van der Waals surface area contributed by atoms with Crippen molar-refractivity contribution in [1.29, 1.82) is 0 Å². The Kier molecular flexibility index (Phi) is 2.75. The van der Waals surface area contributed by atoms with Gasteiger partial charge in [0.25, 0.3) is 11.8 Å². The smallest absolute Gasteiger partial charge is 0.261 e. The molecule has 0 aromatic heterocycles. The minimum atomic E-state index is -1.56. The van der Waals surface area contributed by atoms with Gasteiger partial charge in [0.15, 0.2) is 12.2 Å². The molecule has 2 rings (SSSR count). The van der Waals surface area contributed by atoms with Crippen molar-refractivity contribution < 1.29 is 19.8 Å². The maximum absolute atomic E-state index is 11.5. The summed E-state index contributed by atoms with van der Waals surface area (Å²) in [5.74, 6) is -1.28. The van der Waals surface area contributed by atoms with Crippen LogP contribution in [0.2, 0.25) is 0 Å². The second-order valence-electron chi connectivity index (χ2n) is 4.23. The summed E-state index contributed by atoms with van der Waals surface area (Å²) in [6, 6.07) is -0.120. The number of hydrogen-bond acceptors (Lipinski definition) is 4. The minimum Gasteiger partial charge on any atom is -0.380 e.